The topological polar surface area (TPSA) is 38.7 Å². The lowest BCUT2D eigenvalue weighted by Gasteiger charge is -1.98. The molecule has 0 saturated heterocycles. The summed E-state index contributed by atoms with van der Waals surface area (Å²) in [6.45, 7) is 1.81. The van der Waals surface area contributed by atoms with Crippen LogP contribution in [0.5, 0.6) is 0 Å². The van der Waals surface area contributed by atoms with Crippen molar-refractivity contribution in [3.8, 4) is 0 Å². The fourth-order valence-electron chi connectivity index (χ4n) is 1.05. The van der Waals surface area contributed by atoms with E-state index in [1.54, 1.807) is 12.4 Å². The molecule has 0 aromatic carbocycles. The highest BCUT2D eigenvalue weighted by Gasteiger charge is 2.01. The number of aromatic nitrogens is 3. The van der Waals surface area contributed by atoms with Crippen LogP contribution < -0.4 is 0 Å². The molecule has 4 heteroatoms. The van der Waals surface area contributed by atoms with Gasteiger partial charge in [-0.1, -0.05) is 11.6 Å². The van der Waals surface area contributed by atoms with Gasteiger partial charge >= 0.3 is 0 Å². The van der Waals surface area contributed by atoms with E-state index in [0.717, 1.165) is 10.9 Å². The predicted octanol–water partition coefficient (Wildman–Crippen LogP) is 1.99. The van der Waals surface area contributed by atoms with E-state index in [1.165, 1.54) is 0 Å². The number of nitrogens with zero attached hydrogens (tertiary/aromatic N) is 3. The van der Waals surface area contributed by atoms with Crippen LogP contribution in [0.1, 0.15) is 5.82 Å². The third-order valence-electron chi connectivity index (χ3n) is 1.56. The minimum absolute atomic E-state index is 0.464. The largest absolute Gasteiger partial charge is 0.264 e. The minimum atomic E-state index is 0.464. The van der Waals surface area contributed by atoms with Crippen LogP contribution in [0.3, 0.4) is 0 Å². The van der Waals surface area contributed by atoms with Gasteiger partial charge in [-0.3, -0.25) is 4.98 Å². The van der Waals surface area contributed by atoms with Crippen LogP contribution in [-0.4, -0.2) is 15.0 Å². The van der Waals surface area contributed by atoms with E-state index in [1.807, 2.05) is 13.0 Å². The van der Waals surface area contributed by atoms with Gasteiger partial charge in [0.1, 0.15) is 11.0 Å². The first-order valence-electron chi connectivity index (χ1n) is 3.51. The summed E-state index contributed by atoms with van der Waals surface area (Å²) in [5.41, 5.74) is 0.836. The van der Waals surface area contributed by atoms with Gasteiger partial charge in [0.15, 0.2) is 0 Å². The fourth-order valence-corrected chi connectivity index (χ4v) is 1.31. The summed E-state index contributed by atoms with van der Waals surface area (Å²) >= 11 is 5.87. The zero-order chi connectivity index (χ0) is 8.55. The van der Waals surface area contributed by atoms with Gasteiger partial charge in [0.05, 0.1) is 10.9 Å². The maximum Gasteiger partial charge on any atom is 0.142 e. The minimum Gasteiger partial charge on any atom is -0.264 e. The SMILES string of the molecule is Cc1nc(Cl)c2cnccc2n1. The molecule has 2 aromatic heterocycles. The Morgan fingerprint density at radius 1 is 1.33 bits per heavy atom. The number of fused-ring (bicyclic) bond motifs is 1. The first kappa shape index (κ1) is 7.43. The molecule has 3 nitrogen and oxygen atoms in total. The normalized spacial score (nSPS) is 10.5. The second-order valence-corrected chi connectivity index (χ2v) is 2.81. The van der Waals surface area contributed by atoms with Crippen molar-refractivity contribution in [2.45, 2.75) is 6.92 Å². The Balaban J connectivity index is 2.89. The molecular weight excluding hydrogens is 174 g/mol. The lowest BCUT2D eigenvalue weighted by molar-refractivity contribution is 1.09. The maximum atomic E-state index is 5.87. The smallest absolute Gasteiger partial charge is 0.142 e. The Labute approximate surface area is 74.4 Å². The fraction of sp³-hybridized carbons (Fsp3) is 0.125. The van der Waals surface area contributed by atoms with Crippen molar-refractivity contribution in [3.05, 3.63) is 29.4 Å². The molecule has 0 spiro atoms. The number of aryl methyl sites for hydroxylation is 1. The van der Waals surface area contributed by atoms with Crippen LogP contribution in [0.25, 0.3) is 10.9 Å². The molecule has 0 saturated carbocycles. The Kier molecular flexibility index (Phi) is 1.66. The van der Waals surface area contributed by atoms with Gasteiger partial charge in [-0.2, -0.15) is 0 Å². The van der Waals surface area contributed by atoms with E-state index in [0.29, 0.717) is 11.0 Å². The van der Waals surface area contributed by atoms with Gasteiger partial charge in [-0.05, 0) is 13.0 Å². The molecule has 0 fully saturated rings. The number of pyridine rings is 1. The molecule has 0 aliphatic carbocycles. The molecule has 60 valence electrons. The Hall–Kier alpha value is -1.22. The third kappa shape index (κ3) is 1.12. The van der Waals surface area contributed by atoms with E-state index in [2.05, 4.69) is 15.0 Å². The molecule has 2 rings (SSSR count). The molecule has 0 N–H and O–H groups in total. The summed E-state index contributed by atoms with van der Waals surface area (Å²) < 4.78 is 0. The summed E-state index contributed by atoms with van der Waals surface area (Å²) in [6, 6.07) is 1.82. The van der Waals surface area contributed by atoms with Crippen LogP contribution in [0.2, 0.25) is 5.15 Å². The third-order valence-corrected chi connectivity index (χ3v) is 1.85. The lowest BCUT2D eigenvalue weighted by atomic mass is 10.3. The second kappa shape index (κ2) is 2.68. The summed E-state index contributed by atoms with van der Waals surface area (Å²) in [5, 5.41) is 1.26. The standard InChI is InChI=1S/C8H6ClN3/c1-5-11-7-2-3-10-4-6(7)8(9)12-5/h2-4H,1H3. The molecule has 0 aliphatic heterocycles. The quantitative estimate of drug-likeness (QED) is 0.581. The molecule has 0 radical (unpaired) electrons. The maximum absolute atomic E-state index is 5.87. The summed E-state index contributed by atoms with van der Waals surface area (Å²) in [5.74, 6) is 0.679. The van der Waals surface area contributed by atoms with Crippen LogP contribution >= 0.6 is 11.6 Å². The van der Waals surface area contributed by atoms with Gasteiger partial charge in [0.2, 0.25) is 0 Å². The van der Waals surface area contributed by atoms with Crippen molar-refractivity contribution < 1.29 is 0 Å². The van der Waals surface area contributed by atoms with Crippen molar-refractivity contribution in [3.63, 3.8) is 0 Å². The van der Waals surface area contributed by atoms with Crippen LogP contribution in [0.4, 0.5) is 0 Å². The van der Waals surface area contributed by atoms with E-state index in [4.69, 9.17) is 11.6 Å². The first-order chi connectivity index (χ1) is 5.77. The monoisotopic (exact) mass is 179 g/mol. The molecule has 12 heavy (non-hydrogen) atoms. The zero-order valence-corrected chi connectivity index (χ0v) is 7.21. The summed E-state index contributed by atoms with van der Waals surface area (Å²) in [4.78, 5) is 12.2. The molecule has 0 atom stereocenters. The summed E-state index contributed by atoms with van der Waals surface area (Å²) in [6.07, 6.45) is 3.35. The highest BCUT2D eigenvalue weighted by Crippen LogP contribution is 2.17. The number of halogens is 1. The van der Waals surface area contributed by atoms with Crippen molar-refractivity contribution in [1.29, 1.82) is 0 Å². The van der Waals surface area contributed by atoms with E-state index in [9.17, 15) is 0 Å². The van der Waals surface area contributed by atoms with Gasteiger partial charge < -0.3 is 0 Å². The summed E-state index contributed by atoms with van der Waals surface area (Å²) in [7, 11) is 0. The van der Waals surface area contributed by atoms with Crippen LogP contribution in [0, 0.1) is 6.92 Å². The Bertz CT molecular complexity index is 428. The number of hydrogen-bond donors (Lipinski definition) is 0. The van der Waals surface area contributed by atoms with Crippen molar-refractivity contribution >= 4 is 22.5 Å². The lowest BCUT2D eigenvalue weighted by Crippen LogP contribution is -1.90. The molecule has 0 aliphatic rings. The average molecular weight is 180 g/mol. The Morgan fingerprint density at radius 2 is 2.17 bits per heavy atom. The van der Waals surface area contributed by atoms with Crippen molar-refractivity contribution in [1.82, 2.24) is 15.0 Å². The van der Waals surface area contributed by atoms with Gasteiger partial charge in [-0.25, -0.2) is 9.97 Å². The average Bonchev–Trinajstić information content (AvgIpc) is 2.04. The van der Waals surface area contributed by atoms with E-state index >= 15 is 0 Å². The molecule has 2 aromatic rings. The van der Waals surface area contributed by atoms with Gasteiger partial charge in [0, 0.05) is 12.4 Å². The zero-order valence-electron chi connectivity index (χ0n) is 6.45. The highest BCUT2D eigenvalue weighted by atomic mass is 35.5. The van der Waals surface area contributed by atoms with E-state index in [-0.39, 0.29) is 0 Å². The van der Waals surface area contributed by atoms with Crippen molar-refractivity contribution in [2.24, 2.45) is 0 Å². The van der Waals surface area contributed by atoms with Crippen LogP contribution in [0.15, 0.2) is 18.5 Å². The first-order valence-corrected chi connectivity index (χ1v) is 3.89. The predicted molar refractivity (Wildman–Crippen MR) is 47.1 cm³/mol. The molecule has 0 unspecified atom stereocenters. The van der Waals surface area contributed by atoms with Gasteiger partial charge in [-0.15, -0.1) is 0 Å². The Morgan fingerprint density at radius 3 is 3.00 bits per heavy atom. The number of hydrogen-bond acceptors (Lipinski definition) is 3. The van der Waals surface area contributed by atoms with Gasteiger partial charge in [0.25, 0.3) is 0 Å². The molecular formula is C8H6ClN3. The second-order valence-electron chi connectivity index (χ2n) is 2.45. The molecule has 2 heterocycles. The molecule has 0 bridgehead atoms. The van der Waals surface area contributed by atoms with Crippen LogP contribution in [-0.2, 0) is 0 Å². The highest BCUT2D eigenvalue weighted by molar-refractivity contribution is 6.33. The van der Waals surface area contributed by atoms with E-state index < -0.39 is 0 Å². The number of rotatable bonds is 0. The molecule has 0 amide bonds. The van der Waals surface area contributed by atoms with Crippen molar-refractivity contribution in [2.75, 3.05) is 0 Å².